The minimum atomic E-state index is 0.0288. The van der Waals surface area contributed by atoms with E-state index < -0.39 is 0 Å². The van der Waals surface area contributed by atoms with Crippen LogP contribution in [0.5, 0.6) is 5.75 Å². The Labute approximate surface area is 186 Å². The zero-order valence-corrected chi connectivity index (χ0v) is 17.8. The van der Waals surface area contributed by atoms with Crippen molar-refractivity contribution in [3.8, 4) is 5.75 Å². The second kappa shape index (κ2) is 8.86. The van der Waals surface area contributed by atoms with Crippen molar-refractivity contribution in [2.75, 3.05) is 26.2 Å². The molecule has 7 nitrogen and oxygen atoms in total. The fraction of sp³-hybridized carbons (Fsp3) is 0.320. The summed E-state index contributed by atoms with van der Waals surface area (Å²) < 4.78 is 5.07. The highest BCUT2D eigenvalue weighted by Gasteiger charge is 2.29. The number of fused-ring (bicyclic) bond motifs is 1. The van der Waals surface area contributed by atoms with Gasteiger partial charge in [0.15, 0.2) is 0 Å². The first-order valence-corrected chi connectivity index (χ1v) is 11.0. The molecule has 1 saturated heterocycles. The first-order chi connectivity index (χ1) is 15.7. The highest BCUT2D eigenvalue weighted by molar-refractivity contribution is 6.12. The number of likely N-dealkylation sites (tertiary alicyclic amines) is 1. The first kappa shape index (κ1) is 20.3. The van der Waals surface area contributed by atoms with E-state index in [4.69, 9.17) is 9.41 Å². The third kappa shape index (κ3) is 4.10. The number of aliphatic imine (C=N–C) groups is 2. The molecule has 3 aliphatic heterocycles. The number of para-hydroxylation sites is 1. The van der Waals surface area contributed by atoms with Crippen molar-refractivity contribution in [1.29, 1.82) is 0 Å². The van der Waals surface area contributed by atoms with Gasteiger partial charge in [-0.25, -0.2) is 0 Å². The fourth-order valence-corrected chi connectivity index (χ4v) is 4.55. The number of amides is 1. The van der Waals surface area contributed by atoms with Crippen molar-refractivity contribution >= 4 is 17.8 Å². The number of hydrogen-bond acceptors (Lipinski definition) is 6. The second-order valence-corrected chi connectivity index (χ2v) is 8.42. The minimum absolute atomic E-state index is 0.0288. The zero-order chi connectivity index (χ0) is 21.9. The third-order valence-electron chi connectivity index (χ3n) is 6.26. The molecular weight excluding hydrogens is 404 g/mol. The summed E-state index contributed by atoms with van der Waals surface area (Å²) >= 11 is 0. The number of hydrogen-bond donors (Lipinski definition) is 2. The van der Waals surface area contributed by atoms with Gasteiger partial charge in [0.05, 0.1) is 35.7 Å². The number of nitrogens with zero attached hydrogens (tertiary/aromatic N) is 3. The van der Waals surface area contributed by atoms with Crippen LogP contribution in [0.25, 0.3) is 0 Å². The van der Waals surface area contributed by atoms with Gasteiger partial charge in [0.2, 0.25) is 0 Å². The average Bonchev–Trinajstić information content (AvgIpc) is 3.37. The number of allylic oxidation sites excluding steroid dienone is 2. The van der Waals surface area contributed by atoms with Gasteiger partial charge in [0.25, 0.3) is 5.91 Å². The van der Waals surface area contributed by atoms with Crippen LogP contribution in [-0.2, 0) is 0 Å². The van der Waals surface area contributed by atoms with Crippen LogP contribution in [0, 0.1) is 11.8 Å². The van der Waals surface area contributed by atoms with Crippen molar-refractivity contribution in [3.63, 3.8) is 0 Å². The topological polar surface area (TPSA) is 90.4 Å². The third-order valence-corrected chi connectivity index (χ3v) is 6.26. The summed E-state index contributed by atoms with van der Waals surface area (Å²) in [4.78, 5) is 23.8. The molecule has 1 amide bonds. The molecule has 1 fully saturated rings. The lowest BCUT2D eigenvalue weighted by atomic mass is 9.92. The number of aromatic hydroxyl groups is 1. The van der Waals surface area contributed by atoms with Crippen LogP contribution in [0.1, 0.15) is 28.8 Å². The van der Waals surface area contributed by atoms with Crippen LogP contribution >= 0.6 is 0 Å². The molecule has 2 N–H and O–H groups in total. The van der Waals surface area contributed by atoms with Crippen molar-refractivity contribution in [1.82, 2.24) is 10.2 Å². The molecule has 2 aromatic rings. The Morgan fingerprint density at radius 3 is 3.03 bits per heavy atom. The summed E-state index contributed by atoms with van der Waals surface area (Å²) in [6.07, 6.45) is 10.9. The van der Waals surface area contributed by atoms with Gasteiger partial charge in [-0.3, -0.25) is 14.8 Å². The smallest absolute Gasteiger partial charge is 0.257 e. The van der Waals surface area contributed by atoms with Gasteiger partial charge in [-0.15, -0.1) is 0 Å². The number of furan rings is 1. The lowest BCUT2D eigenvalue weighted by molar-refractivity contribution is 0.0673. The molecule has 3 aliphatic rings. The quantitative estimate of drug-likeness (QED) is 0.761. The van der Waals surface area contributed by atoms with Gasteiger partial charge in [-0.05, 0) is 49.1 Å². The first-order valence-electron chi connectivity index (χ1n) is 11.0. The molecule has 0 saturated carbocycles. The lowest BCUT2D eigenvalue weighted by Gasteiger charge is -2.34. The summed E-state index contributed by atoms with van der Waals surface area (Å²) in [7, 11) is 0. The number of phenolic OH excluding ortho intramolecular Hbond substituents is 1. The molecule has 2 unspecified atom stereocenters. The highest BCUT2D eigenvalue weighted by Crippen LogP contribution is 2.30. The predicted octanol–water partition coefficient (Wildman–Crippen LogP) is 3.40. The van der Waals surface area contributed by atoms with Gasteiger partial charge >= 0.3 is 0 Å². The SMILES string of the molecule is O=C(c1ccoc1)N1CCCC(CNC2=CC(c3ccccc3O)=NC3=CC=NCC32)C1. The van der Waals surface area contributed by atoms with Gasteiger partial charge in [0, 0.05) is 37.1 Å². The molecular formula is C25H26N4O3. The number of dihydropyridines is 2. The van der Waals surface area contributed by atoms with Crippen molar-refractivity contribution in [2.24, 2.45) is 21.8 Å². The van der Waals surface area contributed by atoms with Crippen LogP contribution in [0.4, 0.5) is 0 Å². The van der Waals surface area contributed by atoms with E-state index in [1.165, 1.54) is 12.5 Å². The van der Waals surface area contributed by atoms with Crippen molar-refractivity contribution in [3.05, 3.63) is 77.5 Å². The van der Waals surface area contributed by atoms with E-state index >= 15 is 0 Å². The number of nitrogens with one attached hydrogen (secondary N) is 1. The number of piperidine rings is 1. The fourth-order valence-electron chi connectivity index (χ4n) is 4.55. The molecule has 0 radical (unpaired) electrons. The van der Waals surface area contributed by atoms with E-state index in [2.05, 4.69) is 10.3 Å². The Morgan fingerprint density at radius 1 is 1.28 bits per heavy atom. The molecule has 1 aromatic carbocycles. The van der Waals surface area contributed by atoms with E-state index in [1.807, 2.05) is 29.2 Å². The monoisotopic (exact) mass is 430 g/mol. The molecule has 2 atom stereocenters. The summed E-state index contributed by atoms with van der Waals surface area (Å²) in [5.41, 5.74) is 4.06. The molecule has 4 heterocycles. The van der Waals surface area contributed by atoms with Crippen LogP contribution in [-0.4, -0.2) is 54.0 Å². The minimum Gasteiger partial charge on any atom is -0.507 e. The Morgan fingerprint density at radius 2 is 2.19 bits per heavy atom. The molecule has 1 aromatic heterocycles. The maximum atomic E-state index is 12.7. The van der Waals surface area contributed by atoms with Crippen LogP contribution in [0.2, 0.25) is 0 Å². The predicted molar refractivity (Wildman–Crippen MR) is 123 cm³/mol. The number of phenols is 1. The molecule has 0 aliphatic carbocycles. The normalized spacial score (nSPS) is 22.5. The van der Waals surface area contributed by atoms with Crippen molar-refractivity contribution in [2.45, 2.75) is 12.8 Å². The maximum absolute atomic E-state index is 12.7. The van der Waals surface area contributed by atoms with Gasteiger partial charge in [-0.1, -0.05) is 12.1 Å². The van der Waals surface area contributed by atoms with E-state index in [-0.39, 0.29) is 17.6 Å². The number of carbonyl (C=O) groups is 1. The Kier molecular flexibility index (Phi) is 5.62. The van der Waals surface area contributed by atoms with Gasteiger partial charge in [0.1, 0.15) is 12.0 Å². The second-order valence-electron chi connectivity index (χ2n) is 8.42. The Balaban J connectivity index is 1.31. The maximum Gasteiger partial charge on any atom is 0.257 e. The lowest BCUT2D eigenvalue weighted by Crippen LogP contribution is -2.43. The number of carbonyl (C=O) groups excluding carboxylic acids is 1. The highest BCUT2D eigenvalue weighted by atomic mass is 16.3. The number of rotatable bonds is 5. The average molecular weight is 431 g/mol. The zero-order valence-electron chi connectivity index (χ0n) is 17.8. The van der Waals surface area contributed by atoms with Crippen LogP contribution < -0.4 is 5.32 Å². The standard InChI is InChI=1S/C25H26N4O3/c30-24-6-2-1-5-19(24)23-12-22(20-14-26-9-7-21(20)28-23)27-13-17-4-3-10-29(15-17)25(31)18-8-11-32-16-18/h1-2,5-9,11-12,16-17,20,27,30H,3-4,10,13-15H2. The Hall–Kier alpha value is -3.61. The molecule has 164 valence electrons. The van der Waals surface area contributed by atoms with E-state index in [1.54, 1.807) is 24.4 Å². The summed E-state index contributed by atoms with van der Waals surface area (Å²) in [5, 5.41) is 13.9. The summed E-state index contributed by atoms with van der Waals surface area (Å²) in [5.74, 6) is 0.682. The summed E-state index contributed by atoms with van der Waals surface area (Å²) in [6.45, 7) is 2.91. The van der Waals surface area contributed by atoms with Crippen molar-refractivity contribution < 1.29 is 14.3 Å². The van der Waals surface area contributed by atoms with Gasteiger partial charge in [-0.2, -0.15) is 0 Å². The Bertz CT molecular complexity index is 1110. The largest absolute Gasteiger partial charge is 0.507 e. The molecule has 7 heteroatoms. The van der Waals surface area contributed by atoms with E-state index in [0.717, 1.165) is 49.6 Å². The van der Waals surface area contributed by atoms with Gasteiger partial charge < -0.3 is 19.7 Å². The molecule has 5 rings (SSSR count). The van der Waals surface area contributed by atoms with E-state index in [9.17, 15) is 9.90 Å². The van der Waals surface area contributed by atoms with E-state index in [0.29, 0.717) is 23.6 Å². The van der Waals surface area contributed by atoms with Crippen LogP contribution in [0.15, 0.2) is 80.8 Å². The number of benzene rings is 1. The summed E-state index contributed by atoms with van der Waals surface area (Å²) in [6, 6.07) is 8.97. The van der Waals surface area contributed by atoms with Crippen LogP contribution in [0.3, 0.4) is 0 Å². The molecule has 32 heavy (non-hydrogen) atoms. The molecule has 0 spiro atoms. The molecule has 0 bridgehead atoms.